The first-order valence-electron chi connectivity index (χ1n) is 7.84. The molecule has 0 bridgehead atoms. The van der Waals surface area contributed by atoms with Crippen molar-refractivity contribution in [3.63, 3.8) is 0 Å². The lowest BCUT2D eigenvalue weighted by Gasteiger charge is -2.34. The largest absolute Gasteiger partial charge is 0.364 e. The Labute approximate surface area is 136 Å². The van der Waals surface area contributed by atoms with Gasteiger partial charge in [-0.2, -0.15) is 5.10 Å². The second kappa shape index (κ2) is 5.64. The molecule has 2 aliphatic rings. The number of benzene rings is 1. The summed E-state index contributed by atoms with van der Waals surface area (Å²) in [5, 5.41) is 6.07. The fraction of sp³-hybridized carbons (Fsp3) is 0.438. The van der Waals surface area contributed by atoms with Crippen LogP contribution >= 0.6 is 0 Å². The Morgan fingerprint density at radius 1 is 1.25 bits per heavy atom. The molecule has 2 aliphatic heterocycles. The summed E-state index contributed by atoms with van der Waals surface area (Å²) in [7, 11) is 0. The zero-order valence-electron chi connectivity index (χ0n) is 13.0. The highest BCUT2D eigenvalue weighted by molar-refractivity contribution is 5.16. The van der Waals surface area contributed by atoms with Gasteiger partial charge in [0.2, 0.25) is 0 Å². The Balaban J connectivity index is 1.52. The molecule has 0 saturated carbocycles. The normalized spacial score (nSPS) is 23.5. The van der Waals surface area contributed by atoms with Crippen molar-refractivity contribution in [1.29, 1.82) is 0 Å². The highest BCUT2D eigenvalue weighted by atomic mass is 19.1. The van der Waals surface area contributed by atoms with Crippen molar-refractivity contribution >= 4 is 0 Å². The van der Waals surface area contributed by atoms with Crippen LogP contribution in [0.5, 0.6) is 0 Å². The Morgan fingerprint density at radius 3 is 2.83 bits per heavy atom. The van der Waals surface area contributed by atoms with Crippen LogP contribution in [0.2, 0.25) is 0 Å². The van der Waals surface area contributed by atoms with Gasteiger partial charge in [-0.1, -0.05) is 12.1 Å². The third kappa shape index (κ3) is 2.67. The first-order valence-corrected chi connectivity index (χ1v) is 7.84. The minimum atomic E-state index is -0.711. The summed E-state index contributed by atoms with van der Waals surface area (Å²) in [4.78, 5) is 25.7. The number of aromatic nitrogens is 3. The predicted octanol–water partition coefficient (Wildman–Crippen LogP) is 0.246. The fourth-order valence-corrected chi connectivity index (χ4v) is 3.45. The molecule has 24 heavy (non-hydrogen) atoms. The van der Waals surface area contributed by atoms with Gasteiger partial charge in [0.1, 0.15) is 18.0 Å². The average Bonchev–Trinajstić information content (AvgIpc) is 2.96. The van der Waals surface area contributed by atoms with E-state index >= 15 is 0 Å². The van der Waals surface area contributed by atoms with Crippen LogP contribution < -0.4 is 11.1 Å². The molecule has 8 heteroatoms. The number of likely N-dealkylation sites (tertiary alicyclic amines) is 1. The molecule has 0 radical (unpaired) electrons. The van der Waals surface area contributed by atoms with E-state index in [0.717, 1.165) is 18.5 Å². The first-order chi connectivity index (χ1) is 11.5. The van der Waals surface area contributed by atoms with Gasteiger partial charge in [0, 0.05) is 19.6 Å². The SMILES string of the molecule is O=c1[nH]nc2n(c1=O)C[C@]1(CCN(Cc3ccc(F)cc3)C1)OC2. The summed E-state index contributed by atoms with van der Waals surface area (Å²) >= 11 is 0. The van der Waals surface area contributed by atoms with Crippen LogP contribution in [0.4, 0.5) is 4.39 Å². The van der Waals surface area contributed by atoms with Crippen molar-refractivity contribution in [3.05, 3.63) is 62.2 Å². The van der Waals surface area contributed by atoms with Crippen LogP contribution in [0.15, 0.2) is 33.9 Å². The molecule has 1 aromatic carbocycles. The van der Waals surface area contributed by atoms with E-state index in [2.05, 4.69) is 15.1 Å². The third-order valence-corrected chi connectivity index (χ3v) is 4.71. The van der Waals surface area contributed by atoms with Crippen molar-refractivity contribution in [3.8, 4) is 0 Å². The number of H-pyrrole nitrogens is 1. The predicted molar refractivity (Wildman–Crippen MR) is 82.9 cm³/mol. The summed E-state index contributed by atoms with van der Waals surface area (Å²) in [5.41, 5.74) is -0.747. The molecule has 2 aromatic rings. The lowest BCUT2D eigenvalue weighted by Crippen LogP contribution is -2.51. The number of fused-ring (bicyclic) bond motifs is 1. The Kier molecular flexibility index (Phi) is 3.58. The number of nitrogens with one attached hydrogen (secondary N) is 1. The summed E-state index contributed by atoms with van der Waals surface area (Å²) in [6, 6.07) is 6.44. The monoisotopic (exact) mass is 332 g/mol. The molecule has 1 aromatic heterocycles. The van der Waals surface area contributed by atoms with Crippen LogP contribution in [0.3, 0.4) is 0 Å². The summed E-state index contributed by atoms with van der Waals surface area (Å²) in [6.07, 6.45) is 0.771. The highest BCUT2D eigenvalue weighted by Gasteiger charge is 2.42. The molecular weight excluding hydrogens is 315 g/mol. The second-order valence-corrected chi connectivity index (χ2v) is 6.42. The van der Waals surface area contributed by atoms with Gasteiger partial charge in [-0.3, -0.25) is 19.1 Å². The number of aromatic amines is 1. The number of hydrogen-bond donors (Lipinski definition) is 1. The highest BCUT2D eigenvalue weighted by Crippen LogP contribution is 2.31. The van der Waals surface area contributed by atoms with E-state index in [1.165, 1.54) is 16.7 Å². The van der Waals surface area contributed by atoms with Crippen LogP contribution in [0.25, 0.3) is 0 Å². The van der Waals surface area contributed by atoms with Gasteiger partial charge in [0.15, 0.2) is 5.82 Å². The maximum absolute atomic E-state index is 13.0. The van der Waals surface area contributed by atoms with Crippen LogP contribution in [-0.2, 0) is 24.4 Å². The maximum Gasteiger partial charge on any atom is 0.330 e. The topological polar surface area (TPSA) is 80.2 Å². The number of ether oxygens (including phenoxy) is 1. The quantitative estimate of drug-likeness (QED) is 0.797. The summed E-state index contributed by atoms with van der Waals surface area (Å²) < 4.78 is 20.4. The number of halogens is 1. The van der Waals surface area contributed by atoms with Gasteiger partial charge in [0.25, 0.3) is 0 Å². The maximum atomic E-state index is 13.0. The van der Waals surface area contributed by atoms with E-state index in [9.17, 15) is 14.0 Å². The zero-order chi connectivity index (χ0) is 16.7. The Bertz CT molecular complexity index is 876. The van der Waals surface area contributed by atoms with E-state index in [1.807, 2.05) is 0 Å². The van der Waals surface area contributed by atoms with Gasteiger partial charge in [-0.05, 0) is 24.1 Å². The Hall–Kier alpha value is -2.32. The molecule has 1 saturated heterocycles. The molecule has 1 spiro atoms. The van der Waals surface area contributed by atoms with E-state index in [1.54, 1.807) is 12.1 Å². The molecule has 0 amide bonds. The number of hydrogen-bond acceptors (Lipinski definition) is 5. The van der Waals surface area contributed by atoms with E-state index in [0.29, 0.717) is 25.5 Å². The summed E-state index contributed by atoms with van der Waals surface area (Å²) in [6.45, 7) is 2.70. The minimum absolute atomic E-state index is 0.205. The average molecular weight is 332 g/mol. The van der Waals surface area contributed by atoms with Gasteiger partial charge < -0.3 is 4.74 Å². The molecule has 1 fully saturated rings. The lowest BCUT2D eigenvalue weighted by molar-refractivity contribution is -0.0853. The first kappa shape index (κ1) is 15.2. The lowest BCUT2D eigenvalue weighted by atomic mass is 10.0. The number of rotatable bonds is 2. The summed E-state index contributed by atoms with van der Waals surface area (Å²) in [5.74, 6) is 0.197. The molecule has 0 unspecified atom stereocenters. The molecule has 4 rings (SSSR count). The molecule has 126 valence electrons. The van der Waals surface area contributed by atoms with Crippen LogP contribution in [0, 0.1) is 5.82 Å². The minimum Gasteiger partial charge on any atom is -0.364 e. The van der Waals surface area contributed by atoms with Crippen molar-refractivity contribution < 1.29 is 9.13 Å². The molecule has 3 heterocycles. The van der Waals surface area contributed by atoms with E-state index < -0.39 is 16.7 Å². The van der Waals surface area contributed by atoms with Gasteiger partial charge in [-0.25, -0.2) is 9.49 Å². The zero-order valence-corrected chi connectivity index (χ0v) is 13.0. The van der Waals surface area contributed by atoms with Gasteiger partial charge in [0.05, 0.1) is 6.54 Å². The van der Waals surface area contributed by atoms with Gasteiger partial charge in [-0.15, -0.1) is 0 Å². The smallest absolute Gasteiger partial charge is 0.330 e. The van der Waals surface area contributed by atoms with Crippen molar-refractivity contribution in [2.24, 2.45) is 0 Å². The van der Waals surface area contributed by atoms with Crippen molar-refractivity contribution in [2.45, 2.75) is 31.7 Å². The second-order valence-electron chi connectivity index (χ2n) is 6.42. The van der Waals surface area contributed by atoms with E-state index in [4.69, 9.17) is 4.74 Å². The van der Waals surface area contributed by atoms with E-state index in [-0.39, 0.29) is 12.4 Å². The van der Waals surface area contributed by atoms with Gasteiger partial charge >= 0.3 is 11.1 Å². The van der Waals surface area contributed by atoms with Crippen molar-refractivity contribution in [2.75, 3.05) is 13.1 Å². The molecule has 1 atom stereocenters. The Morgan fingerprint density at radius 2 is 2.04 bits per heavy atom. The standard InChI is InChI=1S/C16H17FN4O3/c17-12-3-1-11(2-4-12)7-20-6-5-16(9-20)10-21-13(8-24-16)18-19-14(22)15(21)23/h1-4H,5-10H2,(H,19,22)/t16-/m1/s1. The third-order valence-electron chi connectivity index (χ3n) is 4.71. The van der Waals surface area contributed by atoms with Crippen LogP contribution in [0.1, 0.15) is 17.8 Å². The van der Waals surface area contributed by atoms with Crippen LogP contribution in [-0.4, -0.2) is 38.4 Å². The van der Waals surface area contributed by atoms with Crippen molar-refractivity contribution in [1.82, 2.24) is 19.7 Å². The molecular formula is C16H17FN4O3. The number of nitrogens with zero attached hydrogens (tertiary/aromatic N) is 3. The molecule has 1 N–H and O–H groups in total. The fourth-order valence-electron chi connectivity index (χ4n) is 3.45. The molecule has 7 nitrogen and oxygen atoms in total. The molecule has 0 aliphatic carbocycles.